The van der Waals surface area contributed by atoms with Gasteiger partial charge in [0.2, 0.25) is 5.92 Å². The summed E-state index contributed by atoms with van der Waals surface area (Å²) in [5, 5.41) is 0. The van der Waals surface area contributed by atoms with Crippen molar-refractivity contribution in [2.24, 2.45) is 5.92 Å². The molecular formula is C5H8F2. The molecule has 1 rings (SSSR count). The van der Waals surface area contributed by atoms with Gasteiger partial charge in [0.15, 0.2) is 0 Å². The summed E-state index contributed by atoms with van der Waals surface area (Å²) >= 11 is 0. The Morgan fingerprint density at radius 1 is 1.43 bits per heavy atom. The molecule has 0 atom stereocenters. The monoisotopic (exact) mass is 106 g/mol. The van der Waals surface area contributed by atoms with Crippen LogP contribution in [0, 0.1) is 5.92 Å². The largest absolute Gasteiger partial charge is 0.248 e. The molecule has 0 heterocycles. The summed E-state index contributed by atoms with van der Waals surface area (Å²) < 4.78 is 23.8. The van der Waals surface area contributed by atoms with E-state index in [4.69, 9.17) is 0 Å². The summed E-state index contributed by atoms with van der Waals surface area (Å²) in [6.45, 7) is 0.991. The Morgan fingerprint density at radius 3 is 1.86 bits per heavy atom. The Morgan fingerprint density at radius 2 is 1.86 bits per heavy atom. The molecular weight excluding hydrogens is 98.1 g/mol. The van der Waals surface area contributed by atoms with Crippen molar-refractivity contribution in [1.29, 1.82) is 0 Å². The van der Waals surface area contributed by atoms with Gasteiger partial charge in [-0.1, -0.05) is 0 Å². The van der Waals surface area contributed by atoms with Crippen molar-refractivity contribution in [1.82, 2.24) is 0 Å². The molecule has 1 fully saturated rings. The Balaban J connectivity index is 2.36. The minimum absolute atomic E-state index is 0.285. The van der Waals surface area contributed by atoms with Crippen molar-refractivity contribution in [2.45, 2.75) is 25.7 Å². The zero-order chi connectivity index (χ0) is 5.49. The highest BCUT2D eigenvalue weighted by Crippen LogP contribution is 2.42. The van der Waals surface area contributed by atoms with Crippen molar-refractivity contribution >= 4 is 0 Å². The Hall–Kier alpha value is -0.140. The maximum atomic E-state index is 11.9. The van der Waals surface area contributed by atoms with Gasteiger partial charge in [-0.25, -0.2) is 8.78 Å². The molecule has 0 aromatic rings. The van der Waals surface area contributed by atoms with Crippen LogP contribution < -0.4 is 0 Å². The van der Waals surface area contributed by atoms with Gasteiger partial charge in [0.05, 0.1) is 0 Å². The molecule has 1 aliphatic carbocycles. The van der Waals surface area contributed by atoms with Crippen LogP contribution in [-0.4, -0.2) is 5.92 Å². The van der Waals surface area contributed by atoms with Crippen LogP contribution in [-0.2, 0) is 0 Å². The predicted molar refractivity (Wildman–Crippen MR) is 23.3 cm³/mol. The van der Waals surface area contributed by atoms with Gasteiger partial charge in [-0.05, 0) is 19.8 Å². The summed E-state index contributed by atoms with van der Waals surface area (Å²) in [6, 6.07) is 0. The smallest absolute Gasteiger partial charge is 0.207 e. The van der Waals surface area contributed by atoms with Crippen LogP contribution in [0.15, 0.2) is 0 Å². The maximum absolute atomic E-state index is 11.9. The van der Waals surface area contributed by atoms with Crippen LogP contribution in [0.1, 0.15) is 19.8 Å². The average Bonchev–Trinajstić information content (AvgIpc) is 1.99. The molecule has 0 radical (unpaired) electrons. The molecule has 0 spiro atoms. The molecule has 0 amide bonds. The third kappa shape index (κ3) is 1.11. The second-order valence-electron chi connectivity index (χ2n) is 2.23. The molecule has 2 heteroatoms. The fourth-order valence-corrected chi connectivity index (χ4v) is 0.590. The van der Waals surface area contributed by atoms with Gasteiger partial charge in [-0.15, -0.1) is 0 Å². The topological polar surface area (TPSA) is 0 Å². The van der Waals surface area contributed by atoms with Crippen molar-refractivity contribution < 1.29 is 8.78 Å². The zero-order valence-corrected chi connectivity index (χ0v) is 4.25. The van der Waals surface area contributed by atoms with Crippen LogP contribution in [0.25, 0.3) is 0 Å². The Bertz CT molecular complexity index is 68.6. The maximum Gasteiger partial charge on any atom is 0.248 e. The fourth-order valence-electron chi connectivity index (χ4n) is 0.590. The molecule has 0 aliphatic heterocycles. The minimum Gasteiger partial charge on any atom is -0.207 e. The van der Waals surface area contributed by atoms with Gasteiger partial charge < -0.3 is 0 Å². The molecule has 0 saturated heterocycles. The molecule has 0 nitrogen and oxygen atoms in total. The third-order valence-corrected chi connectivity index (χ3v) is 1.29. The molecule has 0 bridgehead atoms. The van der Waals surface area contributed by atoms with Gasteiger partial charge in [-0.3, -0.25) is 0 Å². The lowest BCUT2D eigenvalue weighted by Crippen LogP contribution is -2.11. The number of halogens is 2. The second-order valence-corrected chi connectivity index (χ2v) is 2.23. The number of hydrogen-bond donors (Lipinski definition) is 0. The Kier molecular flexibility index (Phi) is 0.839. The lowest BCUT2D eigenvalue weighted by molar-refractivity contribution is -0.00190. The second kappa shape index (κ2) is 1.17. The summed E-state index contributed by atoms with van der Waals surface area (Å²) in [5.74, 6) is -2.67. The van der Waals surface area contributed by atoms with Crippen molar-refractivity contribution in [3.8, 4) is 0 Å². The molecule has 7 heavy (non-hydrogen) atoms. The summed E-state index contributed by atoms with van der Waals surface area (Å²) in [4.78, 5) is 0. The molecule has 1 aliphatic rings. The van der Waals surface area contributed by atoms with Gasteiger partial charge in [0, 0.05) is 5.92 Å². The van der Waals surface area contributed by atoms with E-state index in [9.17, 15) is 8.78 Å². The average molecular weight is 106 g/mol. The number of alkyl halides is 2. The van der Waals surface area contributed by atoms with Gasteiger partial charge >= 0.3 is 0 Å². The van der Waals surface area contributed by atoms with Crippen LogP contribution in [0.2, 0.25) is 0 Å². The third-order valence-electron chi connectivity index (χ3n) is 1.29. The normalized spacial score (nSPS) is 22.7. The molecule has 0 unspecified atom stereocenters. The molecule has 1 saturated carbocycles. The highest BCUT2D eigenvalue weighted by atomic mass is 19.3. The lowest BCUT2D eigenvalue weighted by atomic mass is 10.3. The zero-order valence-electron chi connectivity index (χ0n) is 4.25. The minimum atomic E-state index is -2.39. The lowest BCUT2D eigenvalue weighted by Gasteiger charge is -2.04. The molecule has 0 aromatic heterocycles. The van der Waals surface area contributed by atoms with Crippen LogP contribution in [0.4, 0.5) is 8.78 Å². The van der Waals surface area contributed by atoms with Gasteiger partial charge in [0.25, 0.3) is 0 Å². The molecule has 0 aromatic carbocycles. The molecule has 0 N–H and O–H groups in total. The van der Waals surface area contributed by atoms with Crippen LogP contribution in [0.3, 0.4) is 0 Å². The highest BCUT2D eigenvalue weighted by Gasteiger charge is 2.41. The van der Waals surface area contributed by atoms with E-state index in [0.717, 1.165) is 19.8 Å². The van der Waals surface area contributed by atoms with Crippen LogP contribution in [0.5, 0.6) is 0 Å². The first-order valence-electron chi connectivity index (χ1n) is 2.48. The van der Waals surface area contributed by atoms with E-state index in [1.54, 1.807) is 0 Å². The summed E-state index contributed by atoms with van der Waals surface area (Å²) in [5.41, 5.74) is 0. The van der Waals surface area contributed by atoms with E-state index < -0.39 is 5.92 Å². The quantitative estimate of drug-likeness (QED) is 0.480. The van der Waals surface area contributed by atoms with Gasteiger partial charge in [-0.2, -0.15) is 0 Å². The van der Waals surface area contributed by atoms with Crippen LogP contribution >= 0.6 is 0 Å². The van der Waals surface area contributed by atoms with E-state index in [1.807, 2.05) is 0 Å². The first-order chi connectivity index (χ1) is 3.11. The highest BCUT2D eigenvalue weighted by molar-refractivity contribution is 4.83. The first-order valence-corrected chi connectivity index (χ1v) is 2.48. The summed E-state index contributed by atoms with van der Waals surface area (Å²) in [6.07, 6.45) is 1.45. The van der Waals surface area contributed by atoms with E-state index in [2.05, 4.69) is 0 Å². The van der Waals surface area contributed by atoms with E-state index >= 15 is 0 Å². The standard InChI is InChI=1S/C5H8F2/c1-5(6,7)4-2-3-4/h4H,2-3H2,1H3. The SMILES string of the molecule is CC(F)(F)C1CC1. The van der Waals surface area contributed by atoms with Crippen molar-refractivity contribution in [3.05, 3.63) is 0 Å². The number of rotatable bonds is 1. The van der Waals surface area contributed by atoms with Crippen molar-refractivity contribution in [3.63, 3.8) is 0 Å². The summed E-state index contributed by atoms with van der Waals surface area (Å²) in [7, 11) is 0. The fraction of sp³-hybridized carbons (Fsp3) is 1.00. The molecule has 42 valence electrons. The first kappa shape index (κ1) is 5.01. The van der Waals surface area contributed by atoms with E-state index in [-0.39, 0.29) is 5.92 Å². The predicted octanol–water partition coefficient (Wildman–Crippen LogP) is 2.05. The van der Waals surface area contributed by atoms with Gasteiger partial charge in [0.1, 0.15) is 0 Å². The Labute approximate surface area is 41.5 Å². The number of hydrogen-bond acceptors (Lipinski definition) is 0. The van der Waals surface area contributed by atoms with E-state index in [1.165, 1.54) is 0 Å². The van der Waals surface area contributed by atoms with Crippen molar-refractivity contribution in [2.75, 3.05) is 0 Å². The van der Waals surface area contributed by atoms with E-state index in [0.29, 0.717) is 0 Å².